The number of hydrogen-bond donors (Lipinski definition) is 0. The zero-order valence-electron chi connectivity index (χ0n) is 22.1. The van der Waals surface area contributed by atoms with Crippen LogP contribution < -0.4 is 17.0 Å². The number of imidazole rings is 1. The number of benzene rings is 1. The molecule has 0 amide bonds. The van der Waals surface area contributed by atoms with Gasteiger partial charge in [-0.25, -0.2) is 9.13 Å². The minimum Gasteiger partial charge on any atom is -1.00 e. The van der Waals surface area contributed by atoms with Crippen LogP contribution in [0.15, 0.2) is 30.6 Å². The Morgan fingerprint density at radius 2 is 1.28 bits per heavy atom. The third kappa shape index (κ3) is 9.99. The van der Waals surface area contributed by atoms with Gasteiger partial charge in [-0.1, -0.05) is 81.6 Å². The zero-order valence-corrected chi connectivity index (χ0v) is 24.4. The van der Waals surface area contributed by atoms with E-state index in [0.29, 0.717) is 28.9 Å². The van der Waals surface area contributed by atoms with E-state index in [-0.39, 0.29) is 25.2 Å². The van der Waals surface area contributed by atoms with Gasteiger partial charge in [-0.3, -0.25) is 0 Å². The first-order valence-corrected chi connectivity index (χ1v) is 13.8. The summed E-state index contributed by atoms with van der Waals surface area (Å²) in [7, 11) is 0. The van der Waals surface area contributed by atoms with Crippen molar-refractivity contribution in [1.82, 2.24) is 4.57 Å². The Bertz CT molecular complexity index is 988. The molecule has 2 aromatic rings. The minimum atomic E-state index is -6.25. The Kier molecular flexibility index (Phi) is 14.4. The van der Waals surface area contributed by atoms with Gasteiger partial charge in [0.15, 0.2) is 0 Å². The third-order valence-electron chi connectivity index (χ3n) is 6.63. The van der Waals surface area contributed by atoms with E-state index in [0.717, 1.165) is 50.6 Å². The van der Waals surface area contributed by atoms with Crippen LogP contribution in [0.3, 0.4) is 0 Å². The summed E-state index contributed by atoms with van der Waals surface area (Å²) in [6.07, 6.45) is 2.32. The first kappa shape index (κ1) is 35.8. The van der Waals surface area contributed by atoms with E-state index in [2.05, 4.69) is 29.2 Å². The maximum Gasteiger partial charge on any atom is 0.459 e. The van der Waals surface area contributed by atoms with E-state index in [1.807, 2.05) is 24.4 Å². The van der Waals surface area contributed by atoms with Crippen LogP contribution in [0.5, 0.6) is 0 Å². The molecule has 1 aromatic carbocycles. The zero-order chi connectivity index (χ0) is 28.6. The number of halogens is 10. The lowest BCUT2D eigenvalue weighted by atomic mass is 10.0. The van der Waals surface area contributed by atoms with Crippen molar-refractivity contribution in [3.8, 4) is 0 Å². The number of nitrogens with zero attached hydrogens (tertiary/aromatic N) is 2. The van der Waals surface area contributed by atoms with E-state index in [1.54, 1.807) is 0 Å². The number of aromatic nitrogens is 2. The van der Waals surface area contributed by atoms with Crippen molar-refractivity contribution in [3.05, 3.63) is 52.0 Å². The molecule has 1 aromatic heterocycles. The van der Waals surface area contributed by atoms with Gasteiger partial charge in [0, 0.05) is 22.0 Å². The van der Waals surface area contributed by atoms with Gasteiger partial charge < -0.3 is 12.4 Å². The molecule has 224 valence electrons. The highest BCUT2D eigenvalue weighted by Crippen LogP contribution is 2.48. The largest absolute Gasteiger partial charge is 1.00 e. The summed E-state index contributed by atoms with van der Waals surface area (Å²) < 4.78 is 93.2. The summed E-state index contributed by atoms with van der Waals surface area (Å²) in [6.45, 7) is 5.73. The van der Waals surface area contributed by atoms with E-state index in [1.165, 1.54) is 5.82 Å². The molecule has 2 rings (SSSR count). The molecule has 0 radical (unpaired) electrons. The van der Waals surface area contributed by atoms with Gasteiger partial charge in [-0.05, 0) is 31.4 Å². The molecule has 0 unspecified atom stereocenters. The molecule has 12 heteroatoms. The number of alkyl halides is 7. The Hall–Kier alpha value is -1.19. The first-order chi connectivity index (χ1) is 17.7. The molecule has 2 nitrogen and oxygen atoms in total. The van der Waals surface area contributed by atoms with Crippen LogP contribution in [0.4, 0.5) is 30.7 Å². The molecule has 0 spiro atoms. The minimum absolute atomic E-state index is 0. The molecule has 0 N–H and O–H groups in total. The number of unbranched alkanes of at least 4 members (excludes halogenated alkanes) is 8. The van der Waals surface area contributed by atoms with Crippen molar-refractivity contribution in [3.63, 3.8) is 0 Å². The van der Waals surface area contributed by atoms with Crippen LogP contribution in [-0.4, -0.2) is 22.6 Å². The average molecular weight is 628 g/mol. The summed E-state index contributed by atoms with van der Waals surface area (Å²) >= 11 is 12.7. The normalized spacial score (nSPS) is 12.7. The fraction of sp³-hybridized carbons (Fsp3) is 0.667. The molecule has 0 fully saturated rings. The fourth-order valence-corrected chi connectivity index (χ4v) is 5.07. The molecule has 0 saturated carbocycles. The Morgan fingerprint density at radius 3 is 1.77 bits per heavy atom. The summed E-state index contributed by atoms with van der Waals surface area (Å²) in [5, 5.41) is 1.27. The van der Waals surface area contributed by atoms with E-state index >= 15 is 0 Å². The second kappa shape index (κ2) is 15.7. The van der Waals surface area contributed by atoms with Crippen molar-refractivity contribution in [2.45, 2.75) is 115 Å². The molecule has 39 heavy (non-hydrogen) atoms. The molecule has 0 aliphatic heterocycles. The molecule has 0 aliphatic rings. The van der Waals surface area contributed by atoms with Crippen molar-refractivity contribution >= 4 is 23.2 Å². The van der Waals surface area contributed by atoms with Gasteiger partial charge in [0.05, 0.1) is 12.5 Å². The lowest BCUT2D eigenvalue weighted by Crippen LogP contribution is -3.00. The maximum absolute atomic E-state index is 13.3. The van der Waals surface area contributed by atoms with Gasteiger partial charge in [0.2, 0.25) is 0 Å². The van der Waals surface area contributed by atoms with Gasteiger partial charge in [0.25, 0.3) is 5.82 Å². The number of hydrogen-bond acceptors (Lipinski definition) is 0. The highest BCUT2D eigenvalue weighted by molar-refractivity contribution is 6.35. The number of rotatable bonds is 16. The van der Waals surface area contributed by atoms with Gasteiger partial charge in [0.1, 0.15) is 18.9 Å². The Labute approximate surface area is 242 Å². The second-order valence-corrected chi connectivity index (χ2v) is 10.9. The topological polar surface area (TPSA) is 8.81 Å². The van der Waals surface area contributed by atoms with Gasteiger partial charge in [-0.15, -0.1) is 0 Å². The lowest BCUT2D eigenvalue weighted by Gasteiger charge is -2.28. The van der Waals surface area contributed by atoms with Crippen molar-refractivity contribution in [2.24, 2.45) is 0 Å². The molecule has 1 heterocycles. The summed E-state index contributed by atoms with van der Waals surface area (Å²) in [5.41, 5.74) is 0.883. The molecular weight excluding hydrogens is 592 g/mol. The van der Waals surface area contributed by atoms with Crippen molar-refractivity contribution in [1.29, 1.82) is 0 Å². The SMILES string of the molecule is CC(C)c1n(CCCCCCCCCCCC(F)(F)C(F)(F)C(F)(F)F)cc[n+]1Cc1c(Cl)cccc1Cl.[Cl-]. The van der Waals surface area contributed by atoms with Crippen LogP contribution >= 0.6 is 23.2 Å². The first-order valence-electron chi connectivity index (χ1n) is 13.0. The predicted molar refractivity (Wildman–Crippen MR) is 136 cm³/mol. The van der Waals surface area contributed by atoms with E-state index in [9.17, 15) is 30.7 Å². The van der Waals surface area contributed by atoms with Crippen LogP contribution in [0, 0.1) is 0 Å². The van der Waals surface area contributed by atoms with E-state index in [4.69, 9.17) is 23.2 Å². The Balaban J connectivity index is 0.00000760. The van der Waals surface area contributed by atoms with Crippen LogP contribution in [0.25, 0.3) is 0 Å². The molecule has 0 saturated heterocycles. The monoisotopic (exact) mass is 626 g/mol. The molecule has 0 atom stereocenters. The quantitative estimate of drug-likeness (QED) is 0.108. The summed E-state index contributed by atoms with van der Waals surface area (Å²) in [5.74, 6) is -9.60. The van der Waals surface area contributed by atoms with Gasteiger partial charge >= 0.3 is 18.0 Å². The third-order valence-corrected chi connectivity index (χ3v) is 7.34. The van der Waals surface area contributed by atoms with Crippen molar-refractivity contribution in [2.75, 3.05) is 0 Å². The van der Waals surface area contributed by atoms with E-state index < -0.39 is 24.4 Å². The van der Waals surface area contributed by atoms with Crippen molar-refractivity contribution < 1.29 is 47.7 Å². The second-order valence-electron chi connectivity index (χ2n) is 10.0. The van der Waals surface area contributed by atoms with Crippen LogP contribution in [0.1, 0.15) is 95.4 Å². The van der Waals surface area contributed by atoms with Gasteiger partial charge in [-0.2, -0.15) is 30.7 Å². The fourth-order valence-electron chi connectivity index (χ4n) is 4.55. The highest BCUT2D eigenvalue weighted by Gasteiger charge is 2.72. The molecule has 0 aliphatic carbocycles. The van der Waals surface area contributed by atoms with Crippen LogP contribution in [0.2, 0.25) is 10.0 Å². The summed E-state index contributed by atoms with van der Waals surface area (Å²) in [6, 6.07) is 5.47. The average Bonchev–Trinajstić information content (AvgIpc) is 3.21. The smallest absolute Gasteiger partial charge is 0.459 e. The standard InChI is InChI=1S/C27H36Cl2F7N2.ClH/c1-20(2)24-37(17-18-38(24)19-21-22(28)13-12-14-23(21)29)16-11-9-7-5-3-4-6-8-10-15-25(30,31)26(32,33)27(34,35)36;/h12-14,17-18,20H,3-11,15-16,19H2,1-2H3;1H/q+1;/p-1. The summed E-state index contributed by atoms with van der Waals surface area (Å²) in [4.78, 5) is 0. The number of aryl methyl sites for hydroxylation is 1. The van der Waals surface area contributed by atoms with Crippen LogP contribution in [-0.2, 0) is 13.1 Å². The Morgan fingerprint density at radius 1 is 0.795 bits per heavy atom. The predicted octanol–water partition coefficient (Wildman–Crippen LogP) is 6.99. The lowest BCUT2D eigenvalue weighted by molar-refractivity contribution is -0.696. The molecule has 0 bridgehead atoms. The molecular formula is C27H36Cl3F7N2. The maximum atomic E-state index is 13.3. The highest BCUT2D eigenvalue weighted by atomic mass is 35.5.